The molecule has 0 aliphatic rings. The van der Waals surface area contributed by atoms with Gasteiger partial charge in [0.25, 0.3) is 0 Å². The van der Waals surface area contributed by atoms with Gasteiger partial charge in [-0.2, -0.15) is 0 Å². The van der Waals surface area contributed by atoms with Gasteiger partial charge in [-0.25, -0.2) is 0 Å². The van der Waals surface area contributed by atoms with Crippen LogP contribution in [0.3, 0.4) is 0 Å². The van der Waals surface area contributed by atoms with Crippen LogP contribution in [0.25, 0.3) is 0 Å². The summed E-state index contributed by atoms with van der Waals surface area (Å²) in [6, 6.07) is -0.516. The quantitative estimate of drug-likeness (QED) is 0.407. The molecular weight excluding hydrogens is 306 g/mol. The van der Waals surface area contributed by atoms with Crippen LogP contribution in [0.4, 0.5) is 0 Å². The summed E-state index contributed by atoms with van der Waals surface area (Å²) < 4.78 is 10.4. The highest BCUT2D eigenvalue weighted by atomic mass is 16.5. The molecule has 0 saturated heterocycles. The maximum atomic E-state index is 11.7. The summed E-state index contributed by atoms with van der Waals surface area (Å²) in [6.45, 7) is 11.1. The topological polar surface area (TPSA) is 78.6 Å². The van der Waals surface area contributed by atoms with Crippen LogP contribution in [0.15, 0.2) is 0 Å². The van der Waals surface area contributed by atoms with Crippen LogP contribution in [-0.4, -0.2) is 31.2 Å². The molecule has 0 radical (unpaired) electrons. The van der Waals surface area contributed by atoms with Crippen LogP contribution in [0, 0.1) is 17.8 Å². The van der Waals surface area contributed by atoms with Crippen molar-refractivity contribution in [1.82, 2.24) is 0 Å². The minimum Gasteiger partial charge on any atom is -0.465 e. The van der Waals surface area contributed by atoms with Crippen molar-refractivity contribution >= 4 is 11.9 Å². The lowest BCUT2D eigenvalue weighted by Gasteiger charge is -2.14. The van der Waals surface area contributed by atoms with E-state index in [0.717, 1.165) is 32.1 Å². The molecule has 142 valence electrons. The Morgan fingerprint density at radius 2 is 1.21 bits per heavy atom. The summed E-state index contributed by atoms with van der Waals surface area (Å²) in [5, 5.41) is 0. The van der Waals surface area contributed by atoms with Gasteiger partial charge in [0, 0.05) is 0 Å². The lowest BCUT2D eigenvalue weighted by Crippen LogP contribution is -2.33. The van der Waals surface area contributed by atoms with E-state index in [1.54, 1.807) is 0 Å². The third kappa shape index (κ3) is 12.3. The van der Waals surface area contributed by atoms with E-state index in [1.807, 2.05) is 20.8 Å². The van der Waals surface area contributed by atoms with Crippen molar-refractivity contribution in [3.8, 4) is 0 Å². The highest BCUT2D eigenvalue weighted by Gasteiger charge is 2.16. The van der Waals surface area contributed by atoms with Gasteiger partial charge in [0.05, 0.1) is 19.1 Å². The fourth-order valence-electron chi connectivity index (χ4n) is 2.56. The van der Waals surface area contributed by atoms with Crippen molar-refractivity contribution in [3.05, 3.63) is 0 Å². The minimum atomic E-state index is -0.516. The zero-order chi connectivity index (χ0) is 18.5. The molecule has 0 aliphatic carbocycles. The Morgan fingerprint density at radius 1 is 0.750 bits per heavy atom. The third-order valence-electron chi connectivity index (χ3n) is 3.78. The number of hydrogen-bond acceptors (Lipinski definition) is 5. The van der Waals surface area contributed by atoms with E-state index in [2.05, 4.69) is 13.8 Å². The van der Waals surface area contributed by atoms with E-state index in [9.17, 15) is 9.59 Å². The summed E-state index contributed by atoms with van der Waals surface area (Å²) in [6.07, 6.45) is 5.09. The maximum Gasteiger partial charge on any atom is 0.322 e. The third-order valence-corrected chi connectivity index (χ3v) is 3.78. The number of carbonyl (C=O) groups is 2. The molecule has 2 atom stereocenters. The average molecular weight is 344 g/mol. The predicted molar refractivity (Wildman–Crippen MR) is 96.4 cm³/mol. The van der Waals surface area contributed by atoms with Crippen LogP contribution < -0.4 is 5.73 Å². The Labute approximate surface area is 147 Å². The second kappa shape index (κ2) is 13.2. The van der Waals surface area contributed by atoms with Gasteiger partial charge in [-0.05, 0) is 50.4 Å². The first-order valence-corrected chi connectivity index (χ1v) is 9.32. The molecule has 2 N–H and O–H groups in total. The highest BCUT2D eigenvalue weighted by molar-refractivity contribution is 5.75. The van der Waals surface area contributed by atoms with E-state index in [1.165, 1.54) is 0 Å². The summed E-state index contributed by atoms with van der Waals surface area (Å²) in [7, 11) is 0. The van der Waals surface area contributed by atoms with E-state index < -0.39 is 6.04 Å². The average Bonchev–Trinajstić information content (AvgIpc) is 2.47. The first kappa shape index (κ1) is 22.9. The SMILES string of the molecule is CC(C)CC(C)C(=O)OCCCCCCOC(=O)C(N)CC(C)C. The molecule has 5 nitrogen and oxygen atoms in total. The van der Waals surface area contributed by atoms with E-state index >= 15 is 0 Å². The van der Waals surface area contributed by atoms with Crippen LogP contribution in [-0.2, 0) is 19.1 Å². The Morgan fingerprint density at radius 3 is 1.67 bits per heavy atom. The molecule has 0 aromatic rings. The van der Waals surface area contributed by atoms with E-state index in [4.69, 9.17) is 15.2 Å². The number of esters is 2. The van der Waals surface area contributed by atoms with Gasteiger partial charge < -0.3 is 15.2 Å². The molecule has 0 heterocycles. The van der Waals surface area contributed by atoms with Gasteiger partial charge >= 0.3 is 11.9 Å². The molecule has 24 heavy (non-hydrogen) atoms. The molecule has 0 aromatic carbocycles. The van der Waals surface area contributed by atoms with Gasteiger partial charge in [0.15, 0.2) is 0 Å². The van der Waals surface area contributed by atoms with Gasteiger partial charge in [-0.3, -0.25) is 9.59 Å². The van der Waals surface area contributed by atoms with E-state index in [0.29, 0.717) is 31.5 Å². The van der Waals surface area contributed by atoms with Gasteiger partial charge in [0.1, 0.15) is 6.04 Å². The van der Waals surface area contributed by atoms with Crippen molar-refractivity contribution in [2.24, 2.45) is 23.5 Å². The first-order chi connectivity index (χ1) is 11.2. The lowest BCUT2D eigenvalue weighted by atomic mass is 9.99. The van der Waals surface area contributed by atoms with Crippen molar-refractivity contribution in [1.29, 1.82) is 0 Å². The monoisotopic (exact) mass is 343 g/mol. The molecule has 0 amide bonds. The maximum absolute atomic E-state index is 11.7. The molecular formula is C19H37NO4. The van der Waals surface area contributed by atoms with Gasteiger partial charge in [-0.15, -0.1) is 0 Å². The zero-order valence-electron chi connectivity index (χ0n) is 16.2. The Hall–Kier alpha value is -1.10. The molecule has 2 unspecified atom stereocenters. The Balaban J connectivity index is 3.54. The molecule has 0 bridgehead atoms. The summed E-state index contributed by atoms with van der Waals surface area (Å²) in [4.78, 5) is 23.4. The zero-order valence-corrected chi connectivity index (χ0v) is 16.2. The number of unbranched alkanes of at least 4 members (excludes halogenated alkanes) is 3. The molecule has 0 saturated carbocycles. The van der Waals surface area contributed by atoms with Crippen molar-refractivity contribution in [2.45, 2.75) is 79.2 Å². The second-order valence-electron chi connectivity index (χ2n) is 7.52. The minimum absolute atomic E-state index is 0.0283. The Bertz CT molecular complexity index is 321. The molecule has 0 spiro atoms. The van der Waals surface area contributed by atoms with Crippen molar-refractivity contribution < 1.29 is 19.1 Å². The normalized spacial score (nSPS) is 13.8. The number of carbonyl (C=O) groups excluding carboxylic acids is 2. The van der Waals surface area contributed by atoms with Crippen LogP contribution in [0.2, 0.25) is 0 Å². The molecule has 0 aromatic heterocycles. The van der Waals surface area contributed by atoms with Crippen LogP contribution >= 0.6 is 0 Å². The molecule has 0 fully saturated rings. The summed E-state index contributed by atoms with van der Waals surface area (Å²) in [5.74, 6) is 0.454. The molecule has 0 rings (SSSR count). The van der Waals surface area contributed by atoms with E-state index in [-0.39, 0.29) is 17.9 Å². The largest absolute Gasteiger partial charge is 0.465 e. The Kier molecular flexibility index (Phi) is 12.6. The lowest BCUT2D eigenvalue weighted by molar-refractivity contribution is -0.149. The van der Waals surface area contributed by atoms with Crippen molar-refractivity contribution in [2.75, 3.05) is 13.2 Å². The smallest absolute Gasteiger partial charge is 0.322 e. The van der Waals surface area contributed by atoms with Crippen LogP contribution in [0.1, 0.15) is 73.1 Å². The van der Waals surface area contributed by atoms with Crippen molar-refractivity contribution in [3.63, 3.8) is 0 Å². The fraction of sp³-hybridized carbons (Fsp3) is 0.895. The van der Waals surface area contributed by atoms with Gasteiger partial charge in [-0.1, -0.05) is 34.6 Å². The molecule has 5 heteroatoms. The standard InChI is InChI=1S/C19H37NO4/c1-14(2)12-16(5)18(21)23-10-8-6-7-9-11-24-19(22)17(20)13-15(3)4/h14-17H,6-13,20H2,1-5H3. The fourth-order valence-corrected chi connectivity index (χ4v) is 2.56. The molecule has 0 aliphatic heterocycles. The predicted octanol–water partition coefficient (Wildman–Crippen LogP) is 3.69. The summed E-state index contributed by atoms with van der Waals surface area (Å²) in [5.41, 5.74) is 5.76. The highest BCUT2D eigenvalue weighted by Crippen LogP contribution is 2.13. The number of hydrogen-bond donors (Lipinski definition) is 1. The van der Waals surface area contributed by atoms with Crippen LogP contribution in [0.5, 0.6) is 0 Å². The van der Waals surface area contributed by atoms with Gasteiger partial charge in [0.2, 0.25) is 0 Å². The first-order valence-electron chi connectivity index (χ1n) is 9.32. The number of rotatable bonds is 13. The second-order valence-corrected chi connectivity index (χ2v) is 7.52. The number of ether oxygens (including phenoxy) is 2. The number of nitrogens with two attached hydrogens (primary N) is 1. The summed E-state index contributed by atoms with van der Waals surface area (Å²) >= 11 is 0.